The number of hydrogen-bond donors (Lipinski definition) is 5. The summed E-state index contributed by atoms with van der Waals surface area (Å²) >= 11 is 43.9. The van der Waals surface area contributed by atoms with Crippen LogP contribution >= 0.6 is 135 Å². The first-order valence-electron chi connectivity index (χ1n) is 40.1. The van der Waals surface area contributed by atoms with Gasteiger partial charge in [0.15, 0.2) is 5.82 Å². The zero-order valence-corrected chi connectivity index (χ0v) is 79.6. The van der Waals surface area contributed by atoms with Crippen molar-refractivity contribution in [2.24, 2.45) is 0 Å². The van der Waals surface area contributed by atoms with E-state index in [1.807, 2.05) is 231 Å². The molecule has 2 radical (unpaired) electrons. The minimum Gasteiger partial charge on any atom is -0.537 e. The maximum Gasteiger partial charge on any atom is 0.569 e. The van der Waals surface area contributed by atoms with Crippen LogP contribution in [0, 0.1) is 0 Å². The highest BCUT2D eigenvalue weighted by molar-refractivity contribution is 9.11. The number of hydrogen-bond acceptors (Lipinski definition) is 15. The molecule has 6 N–H and O–H groups in total. The number of nitrogens with one attached hydrogen (secondary N) is 2. The fraction of sp³-hybridized carbons (Fsp3) is 0.0196. The number of anilines is 1. The van der Waals surface area contributed by atoms with Crippen LogP contribution in [0.4, 0.5) is 5.69 Å². The third-order valence-electron chi connectivity index (χ3n) is 18.5. The lowest BCUT2D eigenvalue weighted by atomic mass is 10.0. The van der Waals surface area contributed by atoms with E-state index in [0.717, 1.165) is 125 Å². The molecule has 0 atom stereocenters. The second kappa shape index (κ2) is 53.7. The summed E-state index contributed by atoms with van der Waals surface area (Å²) < 4.78 is 25.8. The van der Waals surface area contributed by atoms with Crippen molar-refractivity contribution in [3.05, 3.63) is 465 Å². The van der Waals surface area contributed by atoms with E-state index in [-0.39, 0.29) is 23.6 Å². The van der Waals surface area contributed by atoms with Crippen molar-refractivity contribution in [3.8, 4) is 62.5 Å². The average Bonchev–Trinajstić information content (AvgIpc) is 1.53. The number of fused-ring (bicyclic) bond motifs is 5. The highest BCUT2D eigenvalue weighted by Gasteiger charge is 2.16. The van der Waals surface area contributed by atoms with Gasteiger partial charge in [-0.25, -0.2) is 39.7 Å². The summed E-state index contributed by atoms with van der Waals surface area (Å²) in [6.07, 6.45) is 0.910. The van der Waals surface area contributed by atoms with Gasteiger partial charge in [-0.3, -0.25) is 19.1 Å². The number of aromatic nitrogens is 10. The van der Waals surface area contributed by atoms with Crippen molar-refractivity contribution in [1.82, 2.24) is 49.4 Å². The number of carbonyl (C=O) groups excluding carboxylic acids is 1. The van der Waals surface area contributed by atoms with E-state index in [1.54, 1.807) is 66.7 Å². The van der Waals surface area contributed by atoms with Gasteiger partial charge in [0, 0.05) is 73.2 Å². The van der Waals surface area contributed by atoms with Gasteiger partial charge in [-0.15, -0.1) is 24.6 Å². The number of halogens is 10. The molecule has 0 aliphatic heterocycles. The Labute approximate surface area is 831 Å². The summed E-state index contributed by atoms with van der Waals surface area (Å²) in [5.74, 6) is 2.94. The summed E-state index contributed by atoms with van der Waals surface area (Å²) in [5.41, 5.74) is 21.4. The average molecular weight is 2130 g/mol. The topological polar surface area (TPSA) is 263 Å². The summed E-state index contributed by atoms with van der Waals surface area (Å²) in [7, 11) is 1.32. The van der Waals surface area contributed by atoms with Crippen molar-refractivity contribution in [1.29, 1.82) is 2.35 Å². The van der Waals surface area contributed by atoms with Crippen LogP contribution in [0.2, 0.25) is 15.7 Å². The van der Waals surface area contributed by atoms with E-state index < -0.39 is 10.9 Å². The minimum atomic E-state index is -0.473. The van der Waals surface area contributed by atoms with Crippen molar-refractivity contribution in [2.75, 3.05) is 5.73 Å². The Morgan fingerprint density at radius 2 is 0.833 bits per heavy atom. The maximum atomic E-state index is 11.1. The van der Waals surface area contributed by atoms with Crippen LogP contribution in [0.5, 0.6) is 11.5 Å². The number of nitrogen functional groups attached to an aromatic ring is 1. The monoisotopic (exact) mass is 2120 g/mol. The molecular weight excluding hydrogens is 2050 g/mol. The van der Waals surface area contributed by atoms with Crippen LogP contribution in [0.1, 0.15) is 28.9 Å². The number of nitrogens with zero attached hydrogens (tertiary/aromatic N) is 8. The number of imidazole rings is 1. The van der Waals surface area contributed by atoms with Gasteiger partial charge >= 0.3 is 21.1 Å². The lowest BCUT2D eigenvalue weighted by molar-refractivity contribution is 0.108. The zero-order chi connectivity index (χ0) is 94.6. The van der Waals surface area contributed by atoms with Crippen molar-refractivity contribution in [3.63, 3.8) is 0 Å². The zero-order valence-electron chi connectivity index (χ0n) is 70.8. The van der Waals surface area contributed by atoms with E-state index in [9.17, 15) is 14.4 Å². The largest absolute Gasteiger partial charge is 0.569 e. The van der Waals surface area contributed by atoms with Crippen molar-refractivity contribution < 1.29 is 24.2 Å². The highest BCUT2D eigenvalue weighted by atomic mass is 79.9. The first kappa shape index (κ1) is 100. The number of aromatic amines is 2. The Bertz CT molecular complexity index is 7230. The smallest absolute Gasteiger partial charge is 0.537 e. The number of carbonyl (C=O) groups is 1. The van der Waals surface area contributed by atoms with Gasteiger partial charge in [-0.1, -0.05) is 344 Å². The molecule has 660 valence electrons. The van der Waals surface area contributed by atoms with Gasteiger partial charge in [0.1, 0.15) is 19.1 Å². The molecule has 0 unspecified atom stereocenters. The van der Waals surface area contributed by atoms with Crippen LogP contribution in [-0.2, 0) is 6.42 Å². The van der Waals surface area contributed by atoms with Crippen LogP contribution in [-0.4, -0.2) is 82.4 Å². The van der Waals surface area contributed by atoms with E-state index in [1.165, 1.54) is 11.1 Å². The van der Waals surface area contributed by atoms with Crippen LogP contribution in [0.25, 0.3) is 106 Å². The molecule has 132 heavy (non-hydrogen) atoms. The summed E-state index contributed by atoms with van der Waals surface area (Å²) in [4.78, 5) is 67.9. The minimum absolute atomic E-state index is 0. The molecule has 0 spiro atoms. The summed E-state index contributed by atoms with van der Waals surface area (Å²) in [5, 5.41) is 20.2. The Kier molecular flexibility index (Phi) is 40.7. The van der Waals surface area contributed by atoms with Gasteiger partial charge in [-0.2, -0.15) is 0 Å². The van der Waals surface area contributed by atoms with E-state index in [2.05, 4.69) is 229 Å². The lowest BCUT2D eigenvalue weighted by Gasteiger charge is -2.09. The normalized spacial score (nSPS) is 10.1. The molecule has 15 aromatic carbocycles. The Balaban J connectivity index is 0.000000171. The Morgan fingerprint density at radius 3 is 1.39 bits per heavy atom. The van der Waals surface area contributed by atoms with Gasteiger partial charge in [0.05, 0.1) is 55.6 Å². The summed E-state index contributed by atoms with van der Waals surface area (Å²) in [6.45, 7) is 0. The molecule has 5 heterocycles. The predicted octanol–water partition coefficient (Wildman–Crippen LogP) is 27.4. The first-order valence-corrected chi connectivity index (χ1v) is 44.1. The molecule has 5 aromatic heterocycles. The van der Waals surface area contributed by atoms with Crippen LogP contribution in [0.3, 0.4) is 0 Å². The quantitative estimate of drug-likeness (QED) is 0.0250. The molecule has 20 rings (SSSR count). The Morgan fingerprint density at radius 1 is 0.409 bits per heavy atom. The molecule has 0 aliphatic rings. The SMILES string of the molecule is Brc1cccc(-c2nc(-c3ccccc3)c3ccccc3n2)c1.Brc1cccc(-c2nc3ccccc3n2-c2ccccc2)c1.C.Clc1nc(-c2ccccc2)c2ccccc2n1.Clc1nc(Cl)c2ccccc2n1.Nc1ccccc1Cc1ccccc1.O=C(Cl)c1cccc(Br)c1.O=c1[nH]c(=O)c2ccccc2[nH]1.O[B]Oc1cccc(Br)c1.O[B]Oc1ccccc1.[3H]Cl.[3H]Cl. The fourth-order valence-electron chi connectivity index (χ4n) is 12.6. The molecule has 0 bridgehead atoms. The number of benzene rings is 15. The maximum absolute atomic E-state index is 11.1. The standard InChI is InChI=1S/C20H13BrN2.C19H13BrN2.C14H9ClN2.C13H13N.C8H4Cl2N2.C8H6N2O2.C7H4BrClO.C6H5BBrO2.C6H6BO2.CH4.2ClH/c21-16-10-6-9-15(13-16)20-22-18-12-5-4-11-17(18)19(23-20)14-7-2-1-3-8-14;20-15-8-6-7-14(13-15)19-21-17-11-4-5-12-18(17)22(19)16-9-2-1-3-10-16;15-14-16-12-9-5-4-8-11(12)13(17-14)10-6-2-1-3-7-10;14-13-9-5-4-8-12(13)10-11-6-2-1-3-7-11;9-7-5-3-1-2-4-6(5)11-8(10)12-7;11-7-5-3-1-2-4-6(5)9-8(12)10-7;8-6-3-1-2-5(4-6)7(9)10;8-5-2-1-3-6(4-5)10-7-9;8-7-9-6-4-2-1-3-5-6;;;/h1-13H;1-13H;1-9H;1-9H,10,14H2;1-4H;1-4H,(H2,9,10,11,12);1-4H;1-4,9H;1-5,8H;1H4;2*1H/i/hT2. The van der Waals surface area contributed by atoms with Gasteiger partial charge < -0.3 is 30.1 Å². The summed E-state index contributed by atoms with van der Waals surface area (Å²) in [6, 6.07) is 127. The second-order valence-corrected chi connectivity index (χ2v) is 32.3. The highest BCUT2D eigenvalue weighted by Crippen LogP contribution is 2.34. The van der Waals surface area contributed by atoms with Crippen molar-refractivity contribution >= 4 is 216 Å². The van der Waals surface area contributed by atoms with E-state index in [0.29, 0.717) is 48.5 Å². The van der Waals surface area contributed by atoms with E-state index >= 15 is 0 Å². The van der Waals surface area contributed by atoms with Crippen LogP contribution in [0.15, 0.2) is 422 Å². The van der Waals surface area contributed by atoms with Gasteiger partial charge in [0.25, 0.3) is 10.8 Å². The molecule has 0 saturated carbocycles. The third kappa shape index (κ3) is 30.8. The molecule has 20 aromatic rings. The third-order valence-corrected chi connectivity index (χ3v) is 21.3. The molecule has 18 nitrogen and oxygen atoms in total. The number of rotatable bonds is 12. The molecule has 0 amide bonds. The van der Waals surface area contributed by atoms with Crippen molar-refractivity contribution in [2.45, 2.75) is 13.8 Å². The second-order valence-electron chi connectivity index (χ2n) is 27.2. The van der Waals surface area contributed by atoms with Gasteiger partial charge in [0.2, 0.25) is 10.6 Å². The molecule has 30 heteroatoms. The predicted molar refractivity (Wildman–Crippen MR) is 560 cm³/mol. The molecule has 0 saturated heterocycles. The molecule has 0 fully saturated rings. The number of H-pyrrole nitrogens is 2. The molecule has 0 aliphatic carbocycles. The lowest BCUT2D eigenvalue weighted by Crippen LogP contribution is -2.21. The van der Waals surface area contributed by atoms with Crippen LogP contribution < -0.4 is 26.3 Å². The molecular formula is C102H79B2Br4Cl6N11O7. The number of nitrogens with two attached hydrogens (primary N) is 1. The Hall–Kier alpha value is -12.5. The fourth-order valence-corrected chi connectivity index (χ4v) is 14.9. The number of para-hydroxylation sites is 9. The van der Waals surface area contributed by atoms with Gasteiger partial charge in [-0.05, 0) is 186 Å². The van der Waals surface area contributed by atoms with E-state index in [4.69, 9.17) is 79.5 Å². The first-order chi connectivity index (χ1) is 64.8.